The summed E-state index contributed by atoms with van der Waals surface area (Å²) in [6.45, 7) is 0. The molecule has 2 nitrogen and oxygen atoms in total. The van der Waals surface area contributed by atoms with E-state index in [1.807, 2.05) is 0 Å². The van der Waals surface area contributed by atoms with Crippen molar-refractivity contribution in [3.63, 3.8) is 0 Å². The van der Waals surface area contributed by atoms with Crippen LogP contribution in [0.15, 0.2) is 18.2 Å². The largest absolute Gasteiger partial charge is 0.416 e. The molecule has 1 aromatic carbocycles. The Kier molecular flexibility index (Phi) is 6.61. The molecule has 0 radical (unpaired) electrons. The smallest absolute Gasteiger partial charge is 0.328 e. The number of hydrogen-bond acceptors (Lipinski definition) is 2. The van der Waals surface area contributed by atoms with Gasteiger partial charge >= 0.3 is 12.4 Å². The summed E-state index contributed by atoms with van der Waals surface area (Å²) < 4.78 is 73.1. The van der Waals surface area contributed by atoms with Crippen molar-refractivity contribution < 1.29 is 31.1 Å². The minimum atomic E-state index is -4.92. The molecule has 0 bridgehead atoms. The van der Waals surface area contributed by atoms with Gasteiger partial charge in [0.2, 0.25) is 0 Å². The number of alkyl halides is 6. The number of carbonyl (C=O) groups is 1. The van der Waals surface area contributed by atoms with E-state index in [0.29, 0.717) is 18.2 Å². The van der Waals surface area contributed by atoms with Crippen LogP contribution < -0.4 is 5.73 Å². The van der Waals surface area contributed by atoms with E-state index in [-0.39, 0.29) is 12.4 Å². The highest BCUT2D eigenvalue weighted by atomic mass is 19.4. The van der Waals surface area contributed by atoms with Gasteiger partial charge in [0.1, 0.15) is 6.29 Å². The molecular formula is C15H17F6NO. The third-order valence-corrected chi connectivity index (χ3v) is 3.40. The van der Waals surface area contributed by atoms with Crippen LogP contribution >= 0.6 is 0 Å². The minimum Gasteiger partial charge on any atom is -0.328 e. The lowest BCUT2D eigenvalue weighted by Crippen LogP contribution is -2.22. The van der Waals surface area contributed by atoms with Crippen molar-refractivity contribution in [3.8, 4) is 0 Å². The monoisotopic (exact) mass is 341 g/mol. The van der Waals surface area contributed by atoms with Crippen molar-refractivity contribution in [3.05, 3.63) is 34.9 Å². The van der Waals surface area contributed by atoms with E-state index < -0.39 is 29.0 Å². The first-order chi connectivity index (χ1) is 10.5. The summed E-state index contributed by atoms with van der Waals surface area (Å²) in [4.78, 5) is 10.2. The van der Waals surface area contributed by atoms with Gasteiger partial charge in [0.15, 0.2) is 0 Å². The number of carbonyl (C=O) groups excluding carboxylic acids is 1. The Morgan fingerprint density at radius 1 is 0.870 bits per heavy atom. The molecule has 1 aliphatic rings. The van der Waals surface area contributed by atoms with Crippen LogP contribution in [-0.2, 0) is 12.4 Å². The molecule has 0 heterocycles. The summed E-state index contributed by atoms with van der Waals surface area (Å²) in [5, 5.41) is 0. The molecule has 23 heavy (non-hydrogen) atoms. The lowest BCUT2D eigenvalue weighted by molar-refractivity contribution is -0.143. The maximum atomic E-state index is 12.2. The Labute approximate surface area is 129 Å². The van der Waals surface area contributed by atoms with Crippen LogP contribution in [0.2, 0.25) is 0 Å². The fourth-order valence-electron chi connectivity index (χ4n) is 2.18. The van der Waals surface area contributed by atoms with Crippen LogP contribution in [0, 0.1) is 0 Å². The summed E-state index contributed by atoms with van der Waals surface area (Å²) in [5.41, 5.74) is 1.98. The van der Waals surface area contributed by atoms with Gasteiger partial charge in [-0.3, -0.25) is 4.79 Å². The van der Waals surface area contributed by atoms with Crippen LogP contribution in [0.4, 0.5) is 26.3 Å². The lowest BCUT2D eigenvalue weighted by atomic mass is 9.97. The van der Waals surface area contributed by atoms with Gasteiger partial charge in [0.05, 0.1) is 11.1 Å². The van der Waals surface area contributed by atoms with Crippen molar-refractivity contribution in [2.75, 3.05) is 0 Å². The zero-order chi connectivity index (χ0) is 17.7. The third-order valence-electron chi connectivity index (χ3n) is 3.40. The first-order valence-corrected chi connectivity index (χ1v) is 7.04. The summed E-state index contributed by atoms with van der Waals surface area (Å²) in [7, 11) is 0. The molecule has 0 spiro atoms. The van der Waals surface area contributed by atoms with Gasteiger partial charge in [-0.25, -0.2) is 0 Å². The van der Waals surface area contributed by atoms with Crippen molar-refractivity contribution in [2.45, 2.75) is 50.5 Å². The van der Waals surface area contributed by atoms with E-state index in [1.54, 1.807) is 0 Å². The van der Waals surface area contributed by atoms with E-state index in [4.69, 9.17) is 5.73 Å². The second-order valence-electron chi connectivity index (χ2n) is 5.36. The third kappa shape index (κ3) is 6.60. The van der Waals surface area contributed by atoms with Gasteiger partial charge in [0, 0.05) is 11.6 Å². The quantitative estimate of drug-likeness (QED) is 0.588. The SMILES string of the molecule is NC1CCCCC1.O=Cc1cc(C(F)(F)F)cc(C(F)(F)F)c1. The number of benzene rings is 1. The molecule has 2 N–H and O–H groups in total. The number of rotatable bonds is 1. The van der Waals surface area contributed by atoms with E-state index in [0.717, 1.165) is 0 Å². The highest BCUT2D eigenvalue weighted by Crippen LogP contribution is 2.35. The molecule has 2 rings (SSSR count). The summed E-state index contributed by atoms with van der Waals surface area (Å²) in [5.74, 6) is 0. The van der Waals surface area contributed by atoms with Crippen molar-refractivity contribution in [2.24, 2.45) is 5.73 Å². The van der Waals surface area contributed by atoms with Crippen LogP contribution in [0.5, 0.6) is 0 Å². The molecular weight excluding hydrogens is 324 g/mol. The predicted molar refractivity (Wildman–Crippen MR) is 72.9 cm³/mol. The molecule has 0 aromatic heterocycles. The maximum Gasteiger partial charge on any atom is 0.416 e. The van der Waals surface area contributed by atoms with E-state index in [2.05, 4.69) is 0 Å². The van der Waals surface area contributed by atoms with Gasteiger partial charge in [-0.15, -0.1) is 0 Å². The number of aldehydes is 1. The zero-order valence-electron chi connectivity index (χ0n) is 12.2. The Hall–Kier alpha value is -1.57. The van der Waals surface area contributed by atoms with Gasteiger partial charge in [-0.1, -0.05) is 19.3 Å². The van der Waals surface area contributed by atoms with Gasteiger partial charge < -0.3 is 5.73 Å². The second-order valence-corrected chi connectivity index (χ2v) is 5.36. The number of hydrogen-bond donors (Lipinski definition) is 1. The minimum absolute atomic E-state index is 0.0347. The van der Waals surface area contributed by atoms with Gasteiger partial charge in [0.25, 0.3) is 0 Å². The van der Waals surface area contributed by atoms with Crippen LogP contribution in [0.3, 0.4) is 0 Å². The van der Waals surface area contributed by atoms with Crippen LogP contribution in [0.1, 0.15) is 53.6 Å². The summed E-state index contributed by atoms with van der Waals surface area (Å²) in [6, 6.07) is 1.23. The molecule has 1 aromatic rings. The van der Waals surface area contributed by atoms with Crippen LogP contribution in [0.25, 0.3) is 0 Å². The first kappa shape index (κ1) is 19.5. The topological polar surface area (TPSA) is 43.1 Å². The Morgan fingerprint density at radius 3 is 1.57 bits per heavy atom. The Bertz CT molecular complexity index is 485. The van der Waals surface area contributed by atoms with Crippen molar-refractivity contribution >= 4 is 6.29 Å². The molecule has 0 amide bonds. The normalized spacial score (nSPS) is 16.5. The summed E-state index contributed by atoms with van der Waals surface area (Å²) >= 11 is 0. The molecule has 0 saturated heterocycles. The molecule has 1 aliphatic carbocycles. The van der Waals surface area contributed by atoms with E-state index in [1.165, 1.54) is 32.1 Å². The standard InChI is InChI=1S/C9H4F6O.C6H13N/c10-8(11,12)6-1-5(4-16)2-7(3-6)9(13,14)15;7-6-4-2-1-3-5-6/h1-4H;6H,1-5,7H2. The summed E-state index contributed by atoms with van der Waals surface area (Å²) in [6.07, 6.45) is -3.24. The fourth-order valence-corrected chi connectivity index (χ4v) is 2.18. The first-order valence-electron chi connectivity index (χ1n) is 7.04. The van der Waals surface area contributed by atoms with Crippen molar-refractivity contribution in [1.29, 1.82) is 0 Å². The number of nitrogens with two attached hydrogens (primary N) is 1. The second kappa shape index (κ2) is 7.81. The van der Waals surface area contributed by atoms with Crippen LogP contribution in [-0.4, -0.2) is 12.3 Å². The van der Waals surface area contributed by atoms with Crippen molar-refractivity contribution in [1.82, 2.24) is 0 Å². The Balaban J connectivity index is 0.000000313. The molecule has 0 aliphatic heterocycles. The van der Waals surface area contributed by atoms with Gasteiger partial charge in [-0.05, 0) is 31.0 Å². The molecule has 0 atom stereocenters. The molecule has 1 fully saturated rings. The van der Waals surface area contributed by atoms with E-state index >= 15 is 0 Å². The molecule has 8 heteroatoms. The zero-order valence-corrected chi connectivity index (χ0v) is 12.2. The average Bonchev–Trinajstić information content (AvgIpc) is 2.46. The predicted octanol–water partition coefficient (Wildman–Crippen LogP) is 4.81. The van der Waals surface area contributed by atoms with E-state index in [9.17, 15) is 31.1 Å². The lowest BCUT2D eigenvalue weighted by Gasteiger charge is -2.15. The highest BCUT2D eigenvalue weighted by Gasteiger charge is 2.36. The highest BCUT2D eigenvalue weighted by molar-refractivity contribution is 5.75. The molecule has 0 unspecified atom stereocenters. The Morgan fingerprint density at radius 2 is 1.30 bits per heavy atom. The number of halogens is 6. The molecule has 1 saturated carbocycles. The fraction of sp³-hybridized carbons (Fsp3) is 0.533. The van der Waals surface area contributed by atoms with Gasteiger partial charge in [-0.2, -0.15) is 26.3 Å². The average molecular weight is 341 g/mol. The maximum absolute atomic E-state index is 12.2. The molecule has 130 valence electrons.